The normalized spacial score (nSPS) is 10.9. The molecule has 0 spiro atoms. The van der Waals surface area contributed by atoms with Crippen LogP contribution >= 0.6 is 0 Å². The quantitative estimate of drug-likeness (QED) is 0.465. The van der Waals surface area contributed by atoms with Gasteiger partial charge in [0.25, 0.3) is 5.91 Å². The highest BCUT2D eigenvalue weighted by molar-refractivity contribution is 5.91. The van der Waals surface area contributed by atoms with Gasteiger partial charge in [-0.3, -0.25) is 4.79 Å². The van der Waals surface area contributed by atoms with Crippen LogP contribution in [0.25, 0.3) is 11.0 Å². The molecule has 0 fully saturated rings. The third kappa shape index (κ3) is 3.74. The summed E-state index contributed by atoms with van der Waals surface area (Å²) in [6.07, 6.45) is 1.49. The number of imidazole rings is 1. The van der Waals surface area contributed by atoms with E-state index in [-0.39, 0.29) is 5.91 Å². The first-order valence-corrected chi connectivity index (χ1v) is 9.54. The molecule has 2 aromatic carbocycles. The van der Waals surface area contributed by atoms with Crippen molar-refractivity contribution in [2.75, 3.05) is 21.3 Å². The van der Waals surface area contributed by atoms with Gasteiger partial charge in [0, 0.05) is 13.6 Å². The number of rotatable bonds is 7. The number of hydrogen-bond donors (Lipinski definition) is 0. The molecule has 0 N–H and O–H groups in total. The van der Waals surface area contributed by atoms with Gasteiger partial charge in [-0.2, -0.15) is 0 Å². The van der Waals surface area contributed by atoms with Crippen molar-refractivity contribution >= 4 is 16.9 Å². The number of ether oxygens (including phenoxy) is 2. The van der Waals surface area contributed by atoms with Crippen LogP contribution in [0.15, 0.2) is 65.3 Å². The van der Waals surface area contributed by atoms with Gasteiger partial charge in [0.15, 0.2) is 17.3 Å². The minimum Gasteiger partial charge on any atom is -0.493 e. The van der Waals surface area contributed by atoms with E-state index in [9.17, 15) is 4.79 Å². The zero-order valence-electron chi connectivity index (χ0n) is 17.2. The Balaban J connectivity index is 1.68. The fourth-order valence-electron chi connectivity index (χ4n) is 3.46. The minimum absolute atomic E-state index is 0.190. The number of amides is 1. The lowest BCUT2D eigenvalue weighted by Gasteiger charge is -2.17. The average molecular weight is 405 g/mol. The zero-order valence-corrected chi connectivity index (χ0v) is 17.2. The van der Waals surface area contributed by atoms with Crippen molar-refractivity contribution < 1.29 is 18.7 Å². The predicted octanol–water partition coefficient (Wildman–Crippen LogP) is 3.97. The van der Waals surface area contributed by atoms with E-state index < -0.39 is 0 Å². The summed E-state index contributed by atoms with van der Waals surface area (Å²) >= 11 is 0. The van der Waals surface area contributed by atoms with Crippen molar-refractivity contribution in [1.82, 2.24) is 14.5 Å². The molecule has 0 aliphatic carbocycles. The predicted molar refractivity (Wildman–Crippen MR) is 113 cm³/mol. The van der Waals surface area contributed by atoms with Gasteiger partial charge in [-0.15, -0.1) is 0 Å². The van der Waals surface area contributed by atoms with Crippen LogP contribution in [-0.2, 0) is 13.1 Å². The molecule has 1 amide bonds. The molecule has 7 heteroatoms. The summed E-state index contributed by atoms with van der Waals surface area (Å²) in [7, 11) is 4.98. The summed E-state index contributed by atoms with van der Waals surface area (Å²) in [6, 6.07) is 17.1. The SMILES string of the molecule is COc1ccc(Cn2c(CN(C)C(=O)c3ccco3)nc3ccccc32)cc1OC. The Morgan fingerprint density at radius 2 is 1.87 bits per heavy atom. The van der Waals surface area contributed by atoms with Gasteiger partial charge in [0.05, 0.1) is 38.1 Å². The first-order chi connectivity index (χ1) is 14.6. The van der Waals surface area contributed by atoms with Crippen LogP contribution in [0.3, 0.4) is 0 Å². The van der Waals surface area contributed by atoms with Crippen LogP contribution in [0.2, 0.25) is 0 Å². The van der Waals surface area contributed by atoms with Crippen LogP contribution in [0.1, 0.15) is 21.9 Å². The van der Waals surface area contributed by atoms with Crippen LogP contribution < -0.4 is 9.47 Å². The van der Waals surface area contributed by atoms with E-state index in [0.717, 1.165) is 22.4 Å². The van der Waals surface area contributed by atoms with Gasteiger partial charge in [0.1, 0.15) is 5.82 Å². The molecular weight excluding hydrogens is 382 g/mol. The van der Waals surface area contributed by atoms with Crippen LogP contribution in [0, 0.1) is 0 Å². The van der Waals surface area contributed by atoms with E-state index in [4.69, 9.17) is 18.9 Å². The zero-order chi connectivity index (χ0) is 21.1. The van der Waals surface area contributed by atoms with E-state index in [2.05, 4.69) is 4.57 Å². The first kappa shape index (κ1) is 19.6. The number of para-hydroxylation sites is 2. The Morgan fingerprint density at radius 3 is 2.60 bits per heavy atom. The third-order valence-electron chi connectivity index (χ3n) is 4.98. The Morgan fingerprint density at radius 1 is 1.07 bits per heavy atom. The monoisotopic (exact) mass is 405 g/mol. The van der Waals surface area contributed by atoms with Crippen molar-refractivity contribution in [2.24, 2.45) is 0 Å². The molecular formula is C23H23N3O4. The number of nitrogens with zero attached hydrogens (tertiary/aromatic N) is 3. The number of methoxy groups -OCH3 is 2. The standard InChI is InChI=1S/C23H23N3O4/c1-25(23(27)20-9-6-12-30-20)15-22-24-17-7-4-5-8-18(17)26(22)14-16-10-11-19(28-2)21(13-16)29-3/h4-13H,14-15H2,1-3H3. The smallest absolute Gasteiger partial charge is 0.289 e. The number of hydrogen-bond acceptors (Lipinski definition) is 5. The number of aromatic nitrogens is 2. The van der Waals surface area contributed by atoms with E-state index >= 15 is 0 Å². The summed E-state index contributed by atoms with van der Waals surface area (Å²) < 4.78 is 18.1. The highest BCUT2D eigenvalue weighted by Crippen LogP contribution is 2.29. The molecule has 0 atom stereocenters. The van der Waals surface area contributed by atoms with Crippen LogP contribution in [-0.4, -0.2) is 41.6 Å². The second kappa shape index (κ2) is 8.32. The first-order valence-electron chi connectivity index (χ1n) is 9.54. The molecule has 2 heterocycles. The Bertz CT molecular complexity index is 1160. The number of carbonyl (C=O) groups is 1. The van der Waals surface area contributed by atoms with Gasteiger partial charge in [0.2, 0.25) is 0 Å². The number of furan rings is 1. The molecule has 4 rings (SSSR count). The van der Waals surface area contributed by atoms with E-state index in [1.807, 2.05) is 42.5 Å². The fraction of sp³-hybridized carbons (Fsp3) is 0.217. The fourth-order valence-corrected chi connectivity index (χ4v) is 3.46. The Kier molecular flexibility index (Phi) is 5.43. The summed E-state index contributed by atoms with van der Waals surface area (Å²) in [5.74, 6) is 2.25. The van der Waals surface area contributed by atoms with Crippen molar-refractivity contribution in [1.29, 1.82) is 0 Å². The van der Waals surface area contributed by atoms with E-state index in [1.165, 1.54) is 6.26 Å². The molecule has 30 heavy (non-hydrogen) atoms. The third-order valence-corrected chi connectivity index (χ3v) is 4.98. The highest BCUT2D eigenvalue weighted by atomic mass is 16.5. The van der Waals surface area contributed by atoms with Gasteiger partial charge < -0.3 is 23.4 Å². The molecule has 4 aromatic rings. The van der Waals surface area contributed by atoms with Crippen molar-refractivity contribution in [3.63, 3.8) is 0 Å². The molecule has 0 bridgehead atoms. The summed E-state index contributed by atoms with van der Waals surface area (Å²) in [6.45, 7) is 0.931. The number of carbonyl (C=O) groups excluding carboxylic acids is 1. The molecule has 2 aromatic heterocycles. The lowest BCUT2D eigenvalue weighted by atomic mass is 10.2. The summed E-state index contributed by atoms with van der Waals surface area (Å²) in [4.78, 5) is 19.0. The second-order valence-electron chi connectivity index (χ2n) is 6.93. The molecule has 7 nitrogen and oxygen atoms in total. The van der Waals surface area contributed by atoms with Gasteiger partial charge in [-0.1, -0.05) is 18.2 Å². The molecule has 0 aliphatic rings. The Hall–Kier alpha value is -3.74. The molecule has 0 aliphatic heterocycles. The number of benzene rings is 2. The maximum absolute atomic E-state index is 12.6. The summed E-state index contributed by atoms with van der Waals surface area (Å²) in [5.41, 5.74) is 2.92. The minimum atomic E-state index is -0.190. The molecule has 0 unspecified atom stereocenters. The van der Waals surface area contributed by atoms with Gasteiger partial charge in [-0.05, 0) is 42.0 Å². The Labute approximate surface area is 174 Å². The topological polar surface area (TPSA) is 69.7 Å². The van der Waals surface area contributed by atoms with Crippen molar-refractivity contribution in [2.45, 2.75) is 13.1 Å². The lowest BCUT2D eigenvalue weighted by molar-refractivity contribution is 0.0748. The highest BCUT2D eigenvalue weighted by Gasteiger charge is 2.19. The van der Waals surface area contributed by atoms with Gasteiger partial charge in [-0.25, -0.2) is 4.98 Å². The maximum Gasteiger partial charge on any atom is 0.289 e. The van der Waals surface area contributed by atoms with Gasteiger partial charge >= 0.3 is 0 Å². The lowest BCUT2D eigenvalue weighted by Crippen LogP contribution is -2.27. The summed E-state index contributed by atoms with van der Waals surface area (Å²) in [5, 5.41) is 0. The maximum atomic E-state index is 12.6. The van der Waals surface area contributed by atoms with Crippen LogP contribution in [0.4, 0.5) is 0 Å². The largest absolute Gasteiger partial charge is 0.493 e. The molecule has 0 saturated carbocycles. The van der Waals surface area contributed by atoms with E-state index in [1.54, 1.807) is 38.3 Å². The van der Waals surface area contributed by atoms with Crippen molar-refractivity contribution in [3.05, 3.63) is 78.0 Å². The second-order valence-corrected chi connectivity index (χ2v) is 6.93. The van der Waals surface area contributed by atoms with Crippen molar-refractivity contribution in [3.8, 4) is 11.5 Å². The number of fused-ring (bicyclic) bond motifs is 1. The molecule has 0 radical (unpaired) electrons. The molecule has 0 saturated heterocycles. The molecule has 154 valence electrons. The van der Waals surface area contributed by atoms with E-state index in [0.29, 0.717) is 30.3 Å². The average Bonchev–Trinajstić information content (AvgIpc) is 3.42. The van der Waals surface area contributed by atoms with Crippen LogP contribution in [0.5, 0.6) is 11.5 Å².